The lowest BCUT2D eigenvalue weighted by Crippen LogP contribution is -2.43. The molecule has 0 spiro atoms. The third-order valence-electron chi connectivity index (χ3n) is 3.75. The zero-order valence-electron chi connectivity index (χ0n) is 12.5. The maximum Gasteiger partial charge on any atom is 0.241 e. The van der Waals surface area contributed by atoms with Gasteiger partial charge in [-0.05, 0) is 42.5 Å². The van der Waals surface area contributed by atoms with Crippen LogP contribution in [0, 0.1) is 0 Å². The molecular formula is C16H24N2O2. The minimum atomic E-state index is -0.151. The second kappa shape index (κ2) is 5.83. The second-order valence-corrected chi connectivity index (χ2v) is 6.47. The molecule has 1 aliphatic rings. The summed E-state index contributed by atoms with van der Waals surface area (Å²) < 4.78 is 0. The molecule has 1 aromatic rings. The highest BCUT2D eigenvalue weighted by Crippen LogP contribution is 2.30. The number of piperidine rings is 1. The number of hydrogen-bond acceptors (Lipinski definition) is 3. The van der Waals surface area contributed by atoms with E-state index in [4.69, 9.17) is 0 Å². The average Bonchev–Trinajstić information content (AvgIpc) is 2.41. The molecule has 1 fully saturated rings. The molecule has 0 aliphatic carbocycles. The molecule has 0 radical (unpaired) electrons. The Morgan fingerprint density at radius 3 is 2.70 bits per heavy atom. The summed E-state index contributed by atoms with van der Waals surface area (Å²) >= 11 is 0. The molecule has 0 bridgehead atoms. The van der Waals surface area contributed by atoms with Gasteiger partial charge in [-0.3, -0.25) is 4.79 Å². The van der Waals surface area contributed by atoms with Crippen molar-refractivity contribution < 1.29 is 9.90 Å². The van der Waals surface area contributed by atoms with Gasteiger partial charge < -0.3 is 15.7 Å². The van der Waals surface area contributed by atoms with Crippen molar-refractivity contribution in [3.63, 3.8) is 0 Å². The van der Waals surface area contributed by atoms with Gasteiger partial charge >= 0.3 is 0 Å². The number of phenolic OH excluding ortho intramolecular Hbond substituents is 1. The highest BCUT2D eigenvalue weighted by molar-refractivity contribution is 5.96. The smallest absolute Gasteiger partial charge is 0.241 e. The van der Waals surface area contributed by atoms with Crippen molar-refractivity contribution in [1.82, 2.24) is 5.32 Å². The van der Waals surface area contributed by atoms with Crippen LogP contribution in [0.15, 0.2) is 18.2 Å². The van der Waals surface area contributed by atoms with Crippen LogP contribution in [0.5, 0.6) is 5.75 Å². The summed E-state index contributed by atoms with van der Waals surface area (Å²) in [6, 6.07) is 5.24. The highest BCUT2D eigenvalue weighted by Gasteiger charge is 2.22. The molecule has 1 aromatic carbocycles. The Kier molecular flexibility index (Phi) is 4.33. The van der Waals surface area contributed by atoms with E-state index in [9.17, 15) is 9.90 Å². The van der Waals surface area contributed by atoms with Crippen LogP contribution in [-0.2, 0) is 10.2 Å². The molecule has 20 heavy (non-hydrogen) atoms. The summed E-state index contributed by atoms with van der Waals surface area (Å²) in [5, 5.41) is 16.0. The Morgan fingerprint density at radius 1 is 1.35 bits per heavy atom. The Hall–Kier alpha value is -1.55. The molecule has 4 nitrogen and oxygen atoms in total. The first-order valence-corrected chi connectivity index (χ1v) is 7.25. The van der Waals surface area contributed by atoms with Crippen molar-refractivity contribution in [3.05, 3.63) is 23.8 Å². The lowest BCUT2D eigenvalue weighted by molar-refractivity contribution is -0.118. The quantitative estimate of drug-likeness (QED) is 0.728. The maximum atomic E-state index is 12.2. The van der Waals surface area contributed by atoms with Crippen LogP contribution in [0.4, 0.5) is 5.69 Å². The fraction of sp³-hybridized carbons (Fsp3) is 0.562. The van der Waals surface area contributed by atoms with Crippen LogP contribution in [-0.4, -0.2) is 23.6 Å². The summed E-state index contributed by atoms with van der Waals surface area (Å²) in [6.45, 7) is 7.20. The Labute approximate surface area is 120 Å². The number of rotatable bonds is 2. The van der Waals surface area contributed by atoms with E-state index < -0.39 is 0 Å². The van der Waals surface area contributed by atoms with Gasteiger partial charge in [0.15, 0.2) is 0 Å². The van der Waals surface area contributed by atoms with Gasteiger partial charge in [-0.25, -0.2) is 0 Å². The van der Waals surface area contributed by atoms with Crippen molar-refractivity contribution in [2.24, 2.45) is 0 Å². The van der Waals surface area contributed by atoms with Gasteiger partial charge in [-0.2, -0.15) is 0 Å². The number of benzene rings is 1. The van der Waals surface area contributed by atoms with Crippen LogP contribution in [0.3, 0.4) is 0 Å². The van der Waals surface area contributed by atoms with Crippen molar-refractivity contribution in [1.29, 1.82) is 0 Å². The van der Waals surface area contributed by atoms with E-state index in [0.717, 1.165) is 31.4 Å². The molecule has 2 rings (SSSR count). The van der Waals surface area contributed by atoms with E-state index in [1.807, 2.05) is 12.1 Å². The van der Waals surface area contributed by atoms with E-state index >= 15 is 0 Å². The number of anilines is 1. The number of hydrogen-bond donors (Lipinski definition) is 3. The molecule has 1 aliphatic heterocycles. The first-order valence-electron chi connectivity index (χ1n) is 7.25. The minimum Gasteiger partial charge on any atom is -0.506 e. The zero-order chi connectivity index (χ0) is 14.8. The number of amides is 1. The third-order valence-corrected chi connectivity index (χ3v) is 3.75. The number of aromatic hydroxyl groups is 1. The van der Waals surface area contributed by atoms with Crippen LogP contribution in [0.1, 0.15) is 45.6 Å². The first-order chi connectivity index (χ1) is 9.38. The number of nitrogens with one attached hydrogen (secondary N) is 2. The molecule has 0 saturated carbocycles. The molecule has 1 unspecified atom stereocenters. The molecule has 1 saturated heterocycles. The topological polar surface area (TPSA) is 61.4 Å². The van der Waals surface area contributed by atoms with Gasteiger partial charge in [0.1, 0.15) is 5.75 Å². The first kappa shape index (κ1) is 14.9. The normalized spacial score (nSPS) is 19.6. The lowest BCUT2D eigenvalue weighted by atomic mass is 9.87. The molecule has 1 atom stereocenters. The minimum absolute atomic E-state index is 0.0176. The molecule has 4 heteroatoms. The lowest BCUT2D eigenvalue weighted by Gasteiger charge is -2.24. The Balaban J connectivity index is 2.13. The van der Waals surface area contributed by atoms with Crippen molar-refractivity contribution in [2.45, 2.75) is 51.5 Å². The van der Waals surface area contributed by atoms with Crippen LogP contribution < -0.4 is 10.6 Å². The number of phenols is 1. The zero-order valence-corrected chi connectivity index (χ0v) is 12.5. The SMILES string of the molecule is CC(C)(C)c1ccc(O)c(NC(=O)C2CCCCN2)c1. The van der Waals surface area contributed by atoms with E-state index in [2.05, 4.69) is 31.4 Å². The largest absolute Gasteiger partial charge is 0.506 e. The molecular weight excluding hydrogens is 252 g/mol. The number of carbonyl (C=O) groups excluding carboxylic acids is 1. The van der Waals surface area contributed by atoms with Crippen molar-refractivity contribution in [2.75, 3.05) is 11.9 Å². The van der Waals surface area contributed by atoms with E-state index in [1.54, 1.807) is 6.07 Å². The highest BCUT2D eigenvalue weighted by atomic mass is 16.3. The number of carbonyl (C=O) groups is 1. The fourth-order valence-corrected chi connectivity index (χ4v) is 2.40. The summed E-state index contributed by atoms with van der Waals surface area (Å²) in [6.07, 6.45) is 3.04. The van der Waals surface area contributed by atoms with E-state index in [0.29, 0.717) is 5.69 Å². The van der Waals surface area contributed by atoms with Gasteiger partial charge in [0.25, 0.3) is 0 Å². The third kappa shape index (κ3) is 3.51. The fourth-order valence-electron chi connectivity index (χ4n) is 2.40. The Morgan fingerprint density at radius 2 is 2.10 bits per heavy atom. The van der Waals surface area contributed by atoms with Crippen LogP contribution in [0.2, 0.25) is 0 Å². The van der Waals surface area contributed by atoms with Crippen LogP contribution >= 0.6 is 0 Å². The maximum absolute atomic E-state index is 12.2. The average molecular weight is 276 g/mol. The summed E-state index contributed by atoms with van der Waals surface area (Å²) in [4.78, 5) is 12.2. The molecule has 1 heterocycles. The second-order valence-electron chi connectivity index (χ2n) is 6.47. The van der Waals surface area contributed by atoms with Gasteiger partial charge in [0.05, 0.1) is 11.7 Å². The molecule has 0 aromatic heterocycles. The van der Waals surface area contributed by atoms with Gasteiger partial charge in [-0.1, -0.05) is 33.3 Å². The summed E-state index contributed by atoms with van der Waals surface area (Å²) in [7, 11) is 0. The predicted octanol–water partition coefficient (Wildman–Crippen LogP) is 2.77. The van der Waals surface area contributed by atoms with Crippen molar-refractivity contribution in [3.8, 4) is 5.75 Å². The van der Waals surface area contributed by atoms with Gasteiger partial charge in [0, 0.05) is 0 Å². The predicted molar refractivity (Wildman–Crippen MR) is 81.1 cm³/mol. The van der Waals surface area contributed by atoms with E-state index in [1.165, 1.54) is 0 Å². The van der Waals surface area contributed by atoms with Crippen LogP contribution in [0.25, 0.3) is 0 Å². The van der Waals surface area contributed by atoms with Gasteiger partial charge in [-0.15, -0.1) is 0 Å². The van der Waals surface area contributed by atoms with E-state index in [-0.39, 0.29) is 23.1 Å². The summed E-state index contributed by atoms with van der Waals surface area (Å²) in [5.74, 6) is 0.0493. The molecule has 3 N–H and O–H groups in total. The standard InChI is InChI=1S/C16H24N2O2/c1-16(2,3)11-7-8-14(19)13(10-11)18-15(20)12-6-4-5-9-17-12/h7-8,10,12,17,19H,4-6,9H2,1-3H3,(H,18,20). The van der Waals surface area contributed by atoms with Crippen molar-refractivity contribution >= 4 is 11.6 Å². The summed E-state index contributed by atoms with van der Waals surface area (Å²) in [5.41, 5.74) is 1.56. The Bertz CT molecular complexity index is 486. The van der Waals surface area contributed by atoms with Gasteiger partial charge in [0.2, 0.25) is 5.91 Å². The monoisotopic (exact) mass is 276 g/mol. The molecule has 1 amide bonds. The molecule has 110 valence electrons.